The van der Waals surface area contributed by atoms with Crippen LogP contribution in [0, 0.1) is 5.82 Å². The van der Waals surface area contributed by atoms with Crippen molar-refractivity contribution in [3.8, 4) is 0 Å². The van der Waals surface area contributed by atoms with Crippen LogP contribution in [0.2, 0.25) is 0 Å². The predicted molar refractivity (Wildman–Crippen MR) is 82.4 cm³/mol. The molecular weight excluding hydrogens is 283 g/mol. The van der Waals surface area contributed by atoms with Crippen molar-refractivity contribution in [1.29, 1.82) is 0 Å². The molecular formula is C17H15FN2O2. The average Bonchev–Trinajstić information content (AvgIpc) is 2.93. The summed E-state index contributed by atoms with van der Waals surface area (Å²) in [4.78, 5) is 12.2. The normalized spacial score (nSPS) is 10.8. The lowest BCUT2D eigenvalue weighted by molar-refractivity contribution is 0.102. The van der Waals surface area contributed by atoms with Crippen molar-refractivity contribution < 1.29 is 13.7 Å². The maximum Gasteiger partial charge on any atom is 0.256 e. The molecule has 22 heavy (non-hydrogen) atoms. The number of benzene rings is 2. The summed E-state index contributed by atoms with van der Waals surface area (Å²) < 4.78 is 18.8. The van der Waals surface area contributed by atoms with Crippen LogP contribution in [0.3, 0.4) is 0 Å². The van der Waals surface area contributed by atoms with Crippen LogP contribution in [0.15, 0.2) is 47.0 Å². The zero-order chi connectivity index (χ0) is 15.5. The summed E-state index contributed by atoms with van der Waals surface area (Å²) in [6, 6.07) is 11.8. The number of nitrogens with zero attached hydrogens (tertiary/aromatic N) is 1. The molecule has 3 aromatic rings. The number of carbonyl (C=O) groups is 1. The van der Waals surface area contributed by atoms with Gasteiger partial charge in [0.2, 0.25) is 0 Å². The van der Waals surface area contributed by atoms with Crippen molar-refractivity contribution in [1.82, 2.24) is 5.16 Å². The highest BCUT2D eigenvalue weighted by Gasteiger charge is 2.15. The minimum absolute atomic E-state index is 0.0933. The number of halogens is 1. The third-order valence-electron chi connectivity index (χ3n) is 3.43. The first-order valence-corrected chi connectivity index (χ1v) is 7.13. The SMILES string of the molecule is CCCc1ccc(C(=O)Nc2noc3cccc(F)c23)cc1. The van der Waals surface area contributed by atoms with Crippen LogP contribution >= 0.6 is 0 Å². The smallest absolute Gasteiger partial charge is 0.256 e. The molecule has 1 N–H and O–H groups in total. The first-order valence-electron chi connectivity index (χ1n) is 7.13. The van der Waals surface area contributed by atoms with Crippen LogP contribution in [0.25, 0.3) is 11.0 Å². The third kappa shape index (κ3) is 2.70. The number of hydrogen-bond donors (Lipinski definition) is 1. The summed E-state index contributed by atoms with van der Waals surface area (Å²) in [7, 11) is 0. The highest BCUT2D eigenvalue weighted by molar-refractivity contribution is 6.07. The molecule has 1 amide bonds. The number of hydrogen-bond acceptors (Lipinski definition) is 3. The molecule has 0 aliphatic heterocycles. The maximum absolute atomic E-state index is 13.8. The molecule has 0 aliphatic carbocycles. The highest BCUT2D eigenvalue weighted by Crippen LogP contribution is 2.25. The van der Waals surface area contributed by atoms with Crippen molar-refractivity contribution in [2.75, 3.05) is 5.32 Å². The lowest BCUT2D eigenvalue weighted by atomic mass is 10.1. The van der Waals surface area contributed by atoms with Gasteiger partial charge in [0, 0.05) is 5.56 Å². The highest BCUT2D eigenvalue weighted by atomic mass is 19.1. The van der Waals surface area contributed by atoms with Crippen LogP contribution < -0.4 is 5.32 Å². The lowest BCUT2D eigenvalue weighted by Crippen LogP contribution is -2.12. The Balaban J connectivity index is 1.84. The van der Waals surface area contributed by atoms with Crippen LogP contribution in [-0.4, -0.2) is 11.1 Å². The van der Waals surface area contributed by atoms with Crippen LogP contribution in [-0.2, 0) is 6.42 Å². The van der Waals surface area contributed by atoms with Gasteiger partial charge in [-0.1, -0.05) is 36.7 Å². The number of aromatic nitrogens is 1. The molecule has 3 rings (SSSR count). The van der Waals surface area contributed by atoms with Crippen LogP contribution in [0.5, 0.6) is 0 Å². The molecule has 4 nitrogen and oxygen atoms in total. The van der Waals surface area contributed by atoms with E-state index >= 15 is 0 Å². The second-order valence-corrected chi connectivity index (χ2v) is 5.05. The van der Waals surface area contributed by atoms with E-state index in [-0.39, 0.29) is 17.1 Å². The molecule has 0 unspecified atom stereocenters. The number of fused-ring (bicyclic) bond motifs is 1. The number of carbonyl (C=O) groups excluding carboxylic acids is 1. The van der Waals surface area contributed by atoms with E-state index in [9.17, 15) is 9.18 Å². The van der Waals surface area contributed by atoms with E-state index in [1.807, 2.05) is 12.1 Å². The van der Waals surface area contributed by atoms with E-state index < -0.39 is 5.82 Å². The molecule has 0 bridgehead atoms. The van der Waals surface area contributed by atoms with Gasteiger partial charge < -0.3 is 9.84 Å². The first-order chi connectivity index (χ1) is 10.7. The van der Waals surface area contributed by atoms with Gasteiger partial charge in [-0.25, -0.2) is 4.39 Å². The third-order valence-corrected chi connectivity index (χ3v) is 3.43. The summed E-state index contributed by atoms with van der Waals surface area (Å²) in [5.74, 6) is -0.732. The first kappa shape index (κ1) is 14.3. The summed E-state index contributed by atoms with van der Waals surface area (Å²) in [5.41, 5.74) is 1.97. The molecule has 0 saturated heterocycles. The number of anilines is 1. The van der Waals surface area contributed by atoms with Crippen molar-refractivity contribution in [2.45, 2.75) is 19.8 Å². The average molecular weight is 298 g/mol. The van der Waals surface area contributed by atoms with Crippen molar-refractivity contribution in [3.05, 3.63) is 59.4 Å². The fraction of sp³-hybridized carbons (Fsp3) is 0.176. The van der Waals surface area contributed by atoms with E-state index in [2.05, 4.69) is 17.4 Å². The Morgan fingerprint density at radius 1 is 1.23 bits per heavy atom. The minimum atomic E-state index is -0.479. The van der Waals surface area contributed by atoms with Gasteiger partial charge >= 0.3 is 0 Å². The number of nitrogens with one attached hydrogen (secondary N) is 1. The van der Waals surface area contributed by atoms with Crippen molar-refractivity contribution in [2.24, 2.45) is 0 Å². The van der Waals surface area contributed by atoms with Crippen LogP contribution in [0.4, 0.5) is 10.2 Å². The summed E-state index contributed by atoms with van der Waals surface area (Å²) in [6.07, 6.45) is 2.02. The fourth-order valence-electron chi connectivity index (χ4n) is 2.33. The number of rotatable bonds is 4. The van der Waals surface area contributed by atoms with Crippen LogP contribution in [0.1, 0.15) is 29.3 Å². The summed E-state index contributed by atoms with van der Waals surface area (Å²) in [5, 5.41) is 6.49. The van der Waals surface area contributed by atoms with Crippen molar-refractivity contribution in [3.63, 3.8) is 0 Å². The minimum Gasteiger partial charge on any atom is -0.354 e. The Labute approximate surface area is 126 Å². The number of aryl methyl sites for hydroxylation is 1. The quantitative estimate of drug-likeness (QED) is 0.786. The summed E-state index contributed by atoms with van der Waals surface area (Å²) >= 11 is 0. The van der Waals surface area contributed by atoms with Gasteiger partial charge in [-0.3, -0.25) is 4.79 Å². The molecule has 5 heteroatoms. The Morgan fingerprint density at radius 2 is 2.00 bits per heavy atom. The van der Waals surface area contributed by atoms with Gasteiger partial charge in [0.15, 0.2) is 11.4 Å². The Kier molecular flexibility index (Phi) is 3.87. The molecule has 1 heterocycles. The van der Waals surface area contributed by atoms with E-state index in [1.54, 1.807) is 18.2 Å². The van der Waals surface area contributed by atoms with Gasteiger partial charge in [-0.05, 0) is 36.2 Å². The molecule has 0 saturated carbocycles. The van der Waals surface area contributed by atoms with E-state index in [4.69, 9.17) is 4.52 Å². The Bertz CT molecular complexity index is 809. The topological polar surface area (TPSA) is 55.1 Å². The number of amides is 1. The molecule has 0 spiro atoms. The monoisotopic (exact) mass is 298 g/mol. The fourth-order valence-corrected chi connectivity index (χ4v) is 2.33. The van der Waals surface area contributed by atoms with Gasteiger partial charge in [0.25, 0.3) is 5.91 Å². The van der Waals surface area contributed by atoms with Gasteiger partial charge in [0.05, 0.1) is 0 Å². The van der Waals surface area contributed by atoms with E-state index in [0.717, 1.165) is 12.8 Å². The molecule has 0 aliphatic rings. The van der Waals surface area contributed by atoms with Gasteiger partial charge in [-0.15, -0.1) is 0 Å². The second kappa shape index (κ2) is 5.97. The Morgan fingerprint density at radius 3 is 2.73 bits per heavy atom. The Hall–Kier alpha value is -2.69. The van der Waals surface area contributed by atoms with E-state index in [0.29, 0.717) is 11.1 Å². The maximum atomic E-state index is 13.8. The largest absolute Gasteiger partial charge is 0.354 e. The summed E-state index contributed by atoms with van der Waals surface area (Å²) in [6.45, 7) is 2.10. The standard InChI is InChI=1S/C17H15FN2O2/c1-2-4-11-7-9-12(10-8-11)17(21)19-16-15-13(18)5-3-6-14(15)22-20-16/h3,5-10H,2,4H2,1H3,(H,19,20,21). The van der Waals surface area contributed by atoms with E-state index in [1.165, 1.54) is 17.7 Å². The second-order valence-electron chi connectivity index (χ2n) is 5.05. The molecule has 1 aromatic heterocycles. The van der Waals surface area contributed by atoms with Gasteiger partial charge in [0.1, 0.15) is 11.2 Å². The van der Waals surface area contributed by atoms with Crippen molar-refractivity contribution >= 4 is 22.7 Å². The molecule has 0 atom stereocenters. The molecule has 0 radical (unpaired) electrons. The zero-order valence-corrected chi connectivity index (χ0v) is 12.1. The zero-order valence-electron chi connectivity index (χ0n) is 12.1. The van der Waals surface area contributed by atoms with Gasteiger partial charge in [-0.2, -0.15) is 0 Å². The molecule has 112 valence electrons. The lowest BCUT2D eigenvalue weighted by Gasteiger charge is -2.04. The molecule has 2 aromatic carbocycles. The molecule has 0 fully saturated rings. The predicted octanol–water partition coefficient (Wildman–Crippen LogP) is 4.17.